The van der Waals surface area contributed by atoms with E-state index in [0.717, 1.165) is 0 Å². The molecule has 1 rings (SSSR count). The second kappa shape index (κ2) is 4.28. The van der Waals surface area contributed by atoms with Gasteiger partial charge in [0, 0.05) is 6.42 Å². The number of allylic oxidation sites excluding steroid dienone is 2. The molecule has 0 aromatic carbocycles. The zero-order chi connectivity index (χ0) is 10.6. The SMILES string of the molecule is CC(C)OC1(N=C(N)N)C=CC=CC1. The van der Waals surface area contributed by atoms with Crippen molar-refractivity contribution in [2.45, 2.75) is 32.1 Å². The highest BCUT2D eigenvalue weighted by Gasteiger charge is 2.28. The van der Waals surface area contributed by atoms with Gasteiger partial charge in [0.15, 0.2) is 11.7 Å². The maximum atomic E-state index is 5.70. The summed E-state index contributed by atoms with van der Waals surface area (Å²) < 4.78 is 5.70. The van der Waals surface area contributed by atoms with Crippen molar-refractivity contribution in [1.82, 2.24) is 0 Å². The third-order valence-electron chi connectivity index (χ3n) is 1.77. The minimum atomic E-state index is -0.707. The first kappa shape index (κ1) is 10.8. The van der Waals surface area contributed by atoms with Crippen molar-refractivity contribution < 1.29 is 4.74 Å². The van der Waals surface area contributed by atoms with Crippen molar-refractivity contribution in [3.8, 4) is 0 Å². The molecular weight excluding hydrogens is 178 g/mol. The highest BCUT2D eigenvalue weighted by molar-refractivity contribution is 5.76. The molecule has 0 heterocycles. The second-order valence-electron chi connectivity index (χ2n) is 3.54. The highest BCUT2D eigenvalue weighted by atomic mass is 16.5. The first-order valence-corrected chi connectivity index (χ1v) is 4.67. The van der Waals surface area contributed by atoms with Crippen LogP contribution in [0, 0.1) is 0 Å². The lowest BCUT2D eigenvalue weighted by Gasteiger charge is -2.29. The Morgan fingerprint density at radius 1 is 1.43 bits per heavy atom. The molecule has 0 saturated carbocycles. The molecule has 0 fully saturated rings. The zero-order valence-electron chi connectivity index (χ0n) is 8.60. The molecule has 14 heavy (non-hydrogen) atoms. The lowest BCUT2D eigenvalue weighted by Crippen LogP contribution is -2.36. The number of hydrogen-bond donors (Lipinski definition) is 2. The van der Waals surface area contributed by atoms with Crippen LogP contribution in [-0.4, -0.2) is 17.8 Å². The Morgan fingerprint density at radius 2 is 2.14 bits per heavy atom. The van der Waals surface area contributed by atoms with Crippen LogP contribution in [0.5, 0.6) is 0 Å². The lowest BCUT2D eigenvalue weighted by atomic mass is 10.1. The van der Waals surface area contributed by atoms with E-state index in [4.69, 9.17) is 16.2 Å². The average Bonchev–Trinajstić information content (AvgIpc) is 2.01. The quantitative estimate of drug-likeness (QED) is 0.519. The van der Waals surface area contributed by atoms with Gasteiger partial charge in [0.2, 0.25) is 0 Å². The second-order valence-corrected chi connectivity index (χ2v) is 3.54. The summed E-state index contributed by atoms with van der Waals surface area (Å²) in [7, 11) is 0. The van der Waals surface area contributed by atoms with Crippen molar-refractivity contribution in [2.24, 2.45) is 16.5 Å². The van der Waals surface area contributed by atoms with Gasteiger partial charge < -0.3 is 16.2 Å². The smallest absolute Gasteiger partial charge is 0.189 e. The molecule has 0 aliphatic heterocycles. The normalized spacial score (nSPS) is 25.4. The number of hydrogen-bond acceptors (Lipinski definition) is 2. The Balaban J connectivity index is 2.85. The summed E-state index contributed by atoms with van der Waals surface area (Å²) in [5.41, 5.74) is 10.0. The summed E-state index contributed by atoms with van der Waals surface area (Å²) in [5, 5.41) is 0. The predicted octanol–water partition coefficient (Wildman–Crippen LogP) is 0.897. The number of ether oxygens (including phenoxy) is 1. The third kappa shape index (κ3) is 2.88. The highest BCUT2D eigenvalue weighted by Crippen LogP contribution is 2.25. The minimum Gasteiger partial charge on any atom is -0.370 e. The van der Waals surface area contributed by atoms with E-state index >= 15 is 0 Å². The van der Waals surface area contributed by atoms with E-state index in [9.17, 15) is 0 Å². The van der Waals surface area contributed by atoms with E-state index in [0.29, 0.717) is 6.42 Å². The number of aliphatic imine (C=N–C) groups is 1. The van der Waals surface area contributed by atoms with Crippen molar-refractivity contribution in [2.75, 3.05) is 0 Å². The molecule has 4 nitrogen and oxygen atoms in total. The Labute approximate surface area is 84.3 Å². The number of nitrogens with two attached hydrogens (primary N) is 2. The Hall–Kier alpha value is -1.29. The molecule has 0 bridgehead atoms. The van der Waals surface area contributed by atoms with E-state index < -0.39 is 5.72 Å². The van der Waals surface area contributed by atoms with Crippen molar-refractivity contribution in [3.63, 3.8) is 0 Å². The van der Waals surface area contributed by atoms with Crippen LogP contribution in [-0.2, 0) is 4.74 Å². The third-order valence-corrected chi connectivity index (χ3v) is 1.77. The summed E-state index contributed by atoms with van der Waals surface area (Å²) in [6, 6.07) is 0. The van der Waals surface area contributed by atoms with E-state index in [1.165, 1.54) is 0 Å². The lowest BCUT2D eigenvalue weighted by molar-refractivity contribution is -0.0401. The molecule has 4 heteroatoms. The molecule has 0 aromatic heterocycles. The van der Waals surface area contributed by atoms with Gasteiger partial charge in [-0.3, -0.25) is 0 Å². The Kier molecular flexibility index (Phi) is 3.30. The standard InChI is InChI=1S/C10H17N3O/c1-8(2)14-10(13-9(11)12)6-4-3-5-7-10/h3-6,8H,7H2,1-2H3,(H4,11,12,13). The van der Waals surface area contributed by atoms with E-state index in [1.807, 2.05) is 38.2 Å². The van der Waals surface area contributed by atoms with Crippen LogP contribution in [0.15, 0.2) is 29.3 Å². The Bertz CT molecular complexity index is 277. The van der Waals surface area contributed by atoms with Gasteiger partial charge in [0.05, 0.1) is 6.10 Å². The summed E-state index contributed by atoms with van der Waals surface area (Å²) in [6.45, 7) is 3.91. The van der Waals surface area contributed by atoms with Gasteiger partial charge in [0.25, 0.3) is 0 Å². The van der Waals surface area contributed by atoms with Crippen LogP contribution in [0.4, 0.5) is 0 Å². The van der Waals surface area contributed by atoms with E-state index in [1.54, 1.807) is 0 Å². The molecule has 78 valence electrons. The summed E-state index contributed by atoms with van der Waals surface area (Å²) >= 11 is 0. The van der Waals surface area contributed by atoms with Gasteiger partial charge in [0.1, 0.15) is 0 Å². The maximum Gasteiger partial charge on any atom is 0.189 e. The number of guanidine groups is 1. The maximum absolute atomic E-state index is 5.70. The first-order chi connectivity index (χ1) is 6.54. The fraction of sp³-hybridized carbons (Fsp3) is 0.500. The van der Waals surface area contributed by atoms with Gasteiger partial charge >= 0.3 is 0 Å². The van der Waals surface area contributed by atoms with Crippen LogP contribution in [0.2, 0.25) is 0 Å². The van der Waals surface area contributed by atoms with Gasteiger partial charge in [-0.15, -0.1) is 0 Å². The average molecular weight is 195 g/mol. The van der Waals surface area contributed by atoms with Crippen LogP contribution < -0.4 is 11.5 Å². The van der Waals surface area contributed by atoms with Crippen molar-refractivity contribution in [1.29, 1.82) is 0 Å². The number of rotatable bonds is 3. The first-order valence-electron chi connectivity index (χ1n) is 4.67. The van der Waals surface area contributed by atoms with Crippen molar-refractivity contribution in [3.05, 3.63) is 24.3 Å². The van der Waals surface area contributed by atoms with Crippen LogP contribution >= 0.6 is 0 Å². The molecule has 1 unspecified atom stereocenters. The number of nitrogens with zero attached hydrogens (tertiary/aromatic N) is 1. The van der Waals surface area contributed by atoms with Gasteiger partial charge in [-0.2, -0.15) is 0 Å². The Morgan fingerprint density at radius 3 is 2.57 bits per heavy atom. The van der Waals surface area contributed by atoms with E-state index in [2.05, 4.69) is 4.99 Å². The molecule has 1 aliphatic rings. The predicted molar refractivity (Wildman–Crippen MR) is 57.7 cm³/mol. The zero-order valence-corrected chi connectivity index (χ0v) is 8.60. The topological polar surface area (TPSA) is 73.6 Å². The molecule has 1 atom stereocenters. The van der Waals surface area contributed by atoms with Gasteiger partial charge in [-0.25, -0.2) is 4.99 Å². The van der Waals surface area contributed by atoms with E-state index in [-0.39, 0.29) is 12.1 Å². The van der Waals surface area contributed by atoms with Crippen LogP contribution in [0.3, 0.4) is 0 Å². The molecule has 0 amide bonds. The van der Waals surface area contributed by atoms with Gasteiger partial charge in [-0.1, -0.05) is 18.2 Å². The molecule has 0 spiro atoms. The molecule has 0 radical (unpaired) electrons. The molecule has 0 saturated heterocycles. The van der Waals surface area contributed by atoms with Crippen LogP contribution in [0.1, 0.15) is 20.3 Å². The van der Waals surface area contributed by atoms with Gasteiger partial charge in [-0.05, 0) is 19.9 Å². The summed E-state index contributed by atoms with van der Waals surface area (Å²) in [4.78, 5) is 4.12. The largest absolute Gasteiger partial charge is 0.370 e. The molecular formula is C10H17N3O. The fourth-order valence-electron chi connectivity index (χ4n) is 1.41. The van der Waals surface area contributed by atoms with Crippen molar-refractivity contribution >= 4 is 5.96 Å². The summed E-state index contributed by atoms with van der Waals surface area (Å²) in [5.74, 6) is 0.0469. The fourth-order valence-corrected chi connectivity index (χ4v) is 1.41. The minimum absolute atomic E-state index is 0.0469. The molecule has 1 aliphatic carbocycles. The summed E-state index contributed by atoms with van der Waals surface area (Å²) in [6.07, 6.45) is 8.43. The molecule has 0 aromatic rings. The van der Waals surface area contributed by atoms with Crippen LogP contribution in [0.25, 0.3) is 0 Å². The molecule has 4 N–H and O–H groups in total. The monoisotopic (exact) mass is 195 g/mol.